The van der Waals surface area contributed by atoms with E-state index in [1.54, 1.807) is 37.8 Å². The van der Waals surface area contributed by atoms with Gasteiger partial charge in [-0.25, -0.2) is 0 Å². The Labute approximate surface area is 127 Å². The molecule has 0 amide bonds. The lowest BCUT2D eigenvalue weighted by atomic mass is 10.2. The van der Waals surface area contributed by atoms with Crippen molar-refractivity contribution >= 4 is 22.9 Å². The molecule has 2 aromatic heterocycles. The van der Waals surface area contributed by atoms with Gasteiger partial charge in [0.1, 0.15) is 0 Å². The number of hydrogen-bond donors (Lipinski definition) is 1. The van der Waals surface area contributed by atoms with Gasteiger partial charge in [-0.2, -0.15) is 0 Å². The van der Waals surface area contributed by atoms with Crippen LogP contribution in [-0.4, -0.2) is 19.2 Å². The van der Waals surface area contributed by atoms with E-state index in [2.05, 4.69) is 17.2 Å². The van der Waals surface area contributed by atoms with Crippen LogP contribution in [0.2, 0.25) is 4.34 Å². The van der Waals surface area contributed by atoms with Crippen molar-refractivity contribution in [1.82, 2.24) is 10.3 Å². The summed E-state index contributed by atoms with van der Waals surface area (Å²) in [6.45, 7) is 2.69. The van der Waals surface area contributed by atoms with E-state index in [1.165, 1.54) is 4.88 Å². The number of halogens is 1. The van der Waals surface area contributed by atoms with Crippen LogP contribution in [0.5, 0.6) is 11.5 Å². The number of methoxy groups -OCH3 is 2. The van der Waals surface area contributed by atoms with Crippen LogP contribution in [0, 0.1) is 0 Å². The fourth-order valence-corrected chi connectivity index (χ4v) is 2.98. The molecule has 0 fully saturated rings. The standard InChI is InChI=1S/C14H17ClN2O2S/c1-9(12-4-5-13(15)20-12)17-8-10-14(19-3)11(18-2)6-7-16-10/h4-7,9,17H,8H2,1-3H3. The molecule has 4 nitrogen and oxygen atoms in total. The Morgan fingerprint density at radius 3 is 2.70 bits per heavy atom. The number of nitrogens with zero attached hydrogens (tertiary/aromatic N) is 1. The number of hydrogen-bond acceptors (Lipinski definition) is 5. The lowest BCUT2D eigenvalue weighted by molar-refractivity contribution is 0.347. The highest BCUT2D eigenvalue weighted by atomic mass is 35.5. The van der Waals surface area contributed by atoms with Crippen LogP contribution in [0.4, 0.5) is 0 Å². The summed E-state index contributed by atoms with van der Waals surface area (Å²) in [5.41, 5.74) is 0.821. The molecule has 0 aliphatic carbocycles. The van der Waals surface area contributed by atoms with Gasteiger partial charge in [-0.05, 0) is 19.1 Å². The first-order valence-electron chi connectivity index (χ1n) is 6.20. The van der Waals surface area contributed by atoms with Gasteiger partial charge in [0.05, 0.1) is 24.2 Å². The minimum absolute atomic E-state index is 0.199. The topological polar surface area (TPSA) is 43.4 Å². The Bertz CT molecular complexity index is 574. The molecule has 0 saturated carbocycles. The average molecular weight is 313 g/mol. The van der Waals surface area contributed by atoms with Crippen LogP contribution in [0.3, 0.4) is 0 Å². The molecule has 108 valence electrons. The van der Waals surface area contributed by atoms with E-state index in [-0.39, 0.29) is 6.04 Å². The van der Waals surface area contributed by atoms with E-state index in [9.17, 15) is 0 Å². The second-order valence-corrected chi connectivity index (χ2v) is 5.98. The summed E-state index contributed by atoms with van der Waals surface area (Å²) in [4.78, 5) is 5.53. The largest absolute Gasteiger partial charge is 0.493 e. The van der Waals surface area contributed by atoms with Crippen LogP contribution >= 0.6 is 22.9 Å². The second kappa shape index (κ2) is 6.92. The SMILES string of the molecule is COc1ccnc(CNC(C)c2ccc(Cl)s2)c1OC. The van der Waals surface area contributed by atoms with Crippen molar-refractivity contribution < 1.29 is 9.47 Å². The first-order chi connectivity index (χ1) is 9.65. The molecule has 0 spiro atoms. The van der Waals surface area contributed by atoms with Crippen LogP contribution in [-0.2, 0) is 6.54 Å². The maximum Gasteiger partial charge on any atom is 0.183 e. The number of rotatable bonds is 6. The van der Waals surface area contributed by atoms with Gasteiger partial charge in [0, 0.05) is 29.7 Å². The van der Waals surface area contributed by atoms with Gasteiger partial charge in [-0.15, -0.1) is 11.3 Å². The Morgan fingerprint density at radius 2 is 2.10 bits per heavy atom. The fourth-order valence-electron chi connectivity index (χ4n) is 1.89. The molecule has 1 atom stereocenters. The highest BCUT2D eigenvalue weighted by Crippen LogP contribution is 2.30. The van der Waals surface area contributed by atoms with Gasteiger partial charge in [-0.3, -0.25) is 4.98 Å². The lowest BCUT2D eigenvalue weighted by Gasteiger charge is -2.15. The smallest absolute Gasteiger partial charge is 0.183 e. The highest BCUT2D eigenvalue weighted by Gasteiger charge is 2.13. The van der Waals surface area contributed by atoms with Crippen LogP contribution < -0.4 is 14.8 Å². The van der Waals surface area contributed by atoms with Crippen molar-refractivity contribution in [2.24, 2.45) is 0 Å². The van der Waals surface area contributed by atoms with Crippen LogP contribution in [0.25, 0.3) is 0 Å². The molecule has 0 bridgehead atoms. The Morgan fingerprint density at radius 1 is 1.30 bits per heavy atom. The van der Waals surface area contributed by atoms with Crippen molar-refractivity contribution in [3.63, 3.8) is 0 Å². The molecule has 6 heteroatoms. The van der Waals surface area contributed by atoms with Crippen molar-refractivity contribution in [2.75, 3.05) is 14.2 Å². The van der Waals surface area contributed by atoms with E-state index in [4.69, 9.17) is 21.1 Å². The molecule has 1 unspecified atom stereocenters. The first kappa shape index (κ1) is 15.1. The van der Waals surface area contributed by atoms with Crippen molar-refractivity contribution in [2.45, 2.75) is 19.5 Å². The van der Waals surface area contributed by atoms with Gasteiger partial charge in [0.25, 0.3) is 0 Å². The molecule has 2 rings (SSSR count). The molecule has 20 heavy (non-hydrogen) atoms. The third kappa shape index (κ3) is 3.42. The number of nitrogens with one attached hydrogen (secondary N) is 1. The monoisotopic (exact) mass is 312 g/mol. The van der Waals surface area contributed by atoms with Crippen molar-refractivity contribution in [3.8, 4) is 11.5 Å². The van der Waals surface area contributed by atoms with Crippen molar-refractivity contribution in [3.05, 3.63) is 39.3 Å². The molecule has 0 radical (unpaired) electrons. The minimum Gasteiger partial charge on any atom is -0.493 e. The number of thiophene rings is 1. The summed E-state index contributed by atoms with van der Waals surface area (Å²) in [5, 5.41) is 3.41. The maximum absolute atomic E-state index is 5.95. The molecular weight excluding hydrogens is 296 g/mol. The molecule has 2 aromatic rings. The van der Waals surface area contributed by atoms with Gasteiger partial charge >= 0.3 is 0 Å². The molecule has 2 heterocycles. The molecule has 0 aliphatic heterocycles. The summed E-state index contributed by atoms with van der Waals surface area (Å²) in [6.07, 6.45) is 1.71. The van der Waals surface area contributed by atoms with Gasteiger partial charge in [-0.1, -0.05) is 11.6 Å². The van der Waals surface area contributed by atoms with Crippen LogP contribution in [0.1, 0.15) is 23.5 Å². The maximum atomic E-state index is 5.95. The predicted octanol–water partition coefficient (Wildman–Crippen LogP) is 3.66. The first-order valence-corrected chi connectivity index (χ1v) is 7.39. The summed E-state index contributed by atoms with van der Waals surface area (Å²) < 4.78 is 11.4. The third-order valence-electron chi connectivity index (χ3n) is 2.96. The number of aromatic nitrogens is 1. The van der Waals surface area contributed by atoms with E-state index < -0.39 is 0 Å². The normalized spacial score (nSPS) is 12.2. The molecule has 0 aliphatic rings. The lowest BCUT2D eigenvalue weighted by Crippen LogP contribution is -2.18. The Kier molecular flexibility index (Phi) is 5.23. The molecule has 1 N–H and O–H groups in total. The molecule has 0 saturated heterocycles. The predicted molar refractivity (Wildman–Crippen MR) is 81.9 cm³/mol. The quantitative estimate of drug-likeness (QED) is 0.884. The number of ether oxygens (including phenoxy) is 2. The average Bonchev–Trinajstić information content (AvgIpc) is 2.90. The van der Waals surface area contributed by atoms with Crippen LogP contribution in [0.15, 0.2) is 24.4 Å². The summed E-state index contributed by atoms with van der Waals surface area (Å²) in [5.74, 6) is 1.35. The zero-order chi connectivity index (χ0) is 14.5. The minimum atomic E-state index is 0.199. The van der Waals surface area contributed by atoms with Gasteiger partial charge in [0.15, 0.2) is 11.5 Å². The Balaban J connectivity index is 2.07. The summed E-state index contributed by atoms with van der Waals surface area (Å²) in [7, 11) is 3.23. The zero-order valence-corrected chi connectivity index (χ0v) is 13.2. The van der Waals surface area contributed by atoms with E-state index in [0.29, 0.717) is 18.0 Å². The van der Waals surface area contributed by atoms with Gasteiger partial charge in [0.2, 0.25) is 0 Å². The molecular formula is C14H17ClN2O2S. The van der Waals surface area contributed by atoms with E-state index in [0.717, 1.165) is 10.0 Å². The second-order valence-electron chi connectivity index (χ2n) is 4.24. The number of pyridine rings is 1. The zero-order valence-electron chi connectivity index (χ0n) is 11.6. The van der Waals surface area contributed by atoms with Crippen molar-refractivity contribution in [1.29, 1.82) is 0 Å². The van der Waals surface area contributed by atoms with E-state index >= 15 is 0 Å². The summed E-state index contributed by atoms with van der Waals surface area (Å²) >= 11 is 7.53. The van der Waals surface area contributed by atoms with Gasteiger partial charge < -0.3 is 14.8 Å². The third-order valence-corrected chi connectivity index (χ3v) is 4.38. The fraction of sp³-hybridized carbons (Fsp3) is 0.357. The Hall–Kier alpha value is -1.30. The molecule has 0 aromatic carbocycles. The summed E-state index contributed by atoms with van der Waals surface area (Å²) in [6, 6.07) is 5.92. The van der Waals surface area contributed by atoms with E-state index in [1.807, 2.05) is 12.1 Å². The highest BCUT2D eigenvalue weighted by molar-refractivity contribution is 7.16.